The number of hydrogen-bond donors (Lipinski definition) is 1. The van der Waals surface area contributed by atoms with Crippen LogP contribution in [0.25, 0.3) is 0 Å². The van der Waals surface area contributed by atoms with E-state index in [1.807, 2.05) is 36.4 Å². The standard InChI is InChI=1S/C31H38O5/c1-29(2,3)22-8-14-25(15-9-22)34-20-21-35-26-16-12-24(13-17-26)31(7,28(32)33)36-27-18-10-23(11-19-27)30(4,5)6/h8-19H,20-21H2,1-7H3,(H,32,33). The van der Waals surface area contributed by atoms with Gasteiger partial charge < -0.3 is 19.3 Å². The number of rotatable bonds is 9. The van der Waals surface area contributed by atoms with Gasteiger partial charge in [-0.05, 0) is 65.3 Å². The molecule has 0 bridgehead atoms. The number of carboxylic acid groups (broad SMARTS) is 1. The quantitative estimate of drug-likeness (QED) is 0.324. The van der Waals surface area contributed by atoms with Crippen LogP contribution in [-0.2, 0) is 21.2 Å². The van der Waals surface area contributed by atoms with Crippen LogP contribution in [0.4, 0.5) is 0 Å². The van der Waals surface area contributed by atoms with Crippen LogP contribution in [0.3, 0.4) is 0 Å². The Labute approximate surface area is 215 Å². The third kappa shape index (κ3) is 6.81. The van der Waals surface area contributed by atoms with E-state index in [9.17, 15) is 9.90 Å². The highest BCUT2D eigenvalue weighted by Gasteiger charge is 2.38. The van der Waals surface area contributed by atoms with Crippen LogP contribution in [-0.4, -0.2) is 24.3 Å². The molecule has 5 heteroatoms. The molecule has 0 aromatic heterocycles. The van der Waals surface area contributed by atoms with Gasteiger partial charge in [0, 0.05) is 5.56 Å². The molecule has 0 aliphatic heterocycles. The fourth-order valence-electron chi connectivity index (χ4n) is 3.72. The summed E-state index contributed by atoms with van der Waals surface area (Å²) in [5.74, 6) is 0.863. The van der Waals surface area contributed by atoms with Gasteiger partial charge in [0.2, 0.25) is 5.60 Å². The van der Waals surface area contributed by atoms with E-state index in [1.54, 1.807) is 31.2 Å². The van der Waals surface area contributed by atoms with Crippen LogP contribution in [0.1, 0.15) is 65.2 Å². The molecule has 0 spiro atoms. The van der Waals surface area contributed by atoms with Gasteiger partial charge >= 0.3 is 5.97 Å². The molecule has 1 unspecified atom stereocenters. The number of carboxylic acids is 1. The summed E-state index contributed by atoms with van der Waals surface area (Å²) in [6.45, 7) is 15.2. The van der Waals surface area contributed by atoms with Crippen molar-refractivity contribution in [1.82, 2.24) is 0 Å². The maximum Gasteiger partial charge on any atom is 0.352 e. The van der Waals surface area contributed by atoms with E-state index in [2.05, 4.69) is 53.7 Å². The number of hydrogen-bond acceptors (Lipinski definition) is 4. The number of carbonyl (C=O) groups is 1. The van der Waals surface area contributed by atoms with Crippen LogP contribution >= 0.6 is 0 Å². The van der Waals surface area contributed by atoms with Gasteiger partial charge in [-0.1, -0.05) is 77.9 Å². The molecule has 3 aromatic rings. The highest BCUT2D eigenvalue weighted by atomic mass is 16.5. The fourth-order valence-corrected chi connectivity index (χ4v) is 3.72. The van der Waals surface area contributed by atoms with Crippen molar-refractivity contribution < 1.29 is 24.1 Å². The summed E-state index contributed by atoms with van der Waals surface area (Å²) in [7, 11) is 0. The minimum absolute atomic E-state index is 0.00634. The predicted octanol–water partition coefficient (Wildman–Crippen LogP) is 7.12. The van der Waals surface area contributed by atoms with Crippen LogP contribution < -0.4 is 14.2 Å². The van der Waals surface area contributed by atoms with Gasteiger partial charge in [-0.3, -0.25) is 0 Å². The first-order valence-electron chi connectivity index (χ1n) is 12.3. The Balaban J connectivity index is 1.58. The molecule has 0 aliphatic carbocycles. The largest absolute Gasteiger partial charge is 0.490 e. The maximum atomic E-state index is 12.2. The average Bonchev–Trinajstić information content (AvgIpc) is 2.81. The summed E-state index contributed by atoms with van der Waals surface area (Å²) >= 11 is 0. The Morgan fingerprint density at radius 3 is 1.25 bits per heavy atom. The smallest absolute Gasteiger partial charge is 0.352 e. The average molecular weight is 491 g/mol. The zero-order valence-electron chi connectivity index (χ0n) is 22.4. The third-order valence-corrected chi connectivity index (χ3v) is 6.20. The first kappa shape index (κ1) is 27.1. The summed E-state index contributed by atoms with van der Waals surface area (Å²) in [6, 6.07) is 22.6. The van der Waals surface area contributed by atoms with E-state index in [4.69, 9.17) is 14.2 Å². The third-order valence-electron chi connectivity index (χ3n) is 6.20. The first-order chi connectivity index (χ1) is 16.8. The molecule has 0 aliphatic rings. The molecular formula is C31H38O5. The van der Waals surface area contributed by atoms with Crippen LogP contribution in [0.2, 0.25) is 0 Å². The lowest BCUT2D eigenvalue weighted by atomic mass is 9.87. The van der Waals surface area contributed by atoms with Crippen molar-refractivity contribution in [3.05, 3.63) is 89.5 Å². The first-order valence-corrected chi connectivity index (χ1v) is 12.3. The van der Waals surface area contributed by atoms with Crippen molar-refractivity contribution >= 4 is 5.97 Å². The molecule has 0 heterocycles. The van der Waals surface area contributed by atoms with E-state index in [0.717, 1.165) is 11.3 Å². The molecule has 5 nitrogen and oxygen atoms in total. The van der Waals surface area contributed by atoms with Crippen LogP contribution in [0, 0.1) is 0 Å². The lowest BCUT2D eigenvalue weighted by Gasteiger charge is -2.27. The van der Waals surface area contributed by atoms with Crippen molar-refractivity contribution in [2.45, 2.75) is 64.9 Å². The van der Waals surface area contributed by atoms with Crippen molar-refractivity contribution in [2.75, 3.05) is 13.2 Å². The minimum Gasteiger partial charge on any atom is -0.490 e. The second kappa shape index (κ2) is 10.7. The Morgan fingerprint density at radius 1 is 0.583 bits per heavy atom. The highest BCUT2D eigenvalue weighted by Crippen LogP contribution is 2.32. The minimum atomic E-state index is -1.54. The van der Waals surface area contributed by atoms with E-state index in [-0.39, 0.29) is 10.8 Å². The number of benzene rings is 3. The molecule has 0 amide bonds. The van der Waals surface area contributed by atoms with Crippen molar-refractivity contribution in [3.63, 3.8) is 0 Å². The fraction of sp³-hybridized carbons (Fsp3) is 0.387. The molecular weight excluding hydrogens is 452 g/mol. The summed E-state index contributed by atoms with van der Waals surface area (Å²) in [5, 5.41) is 9.97. The summed E-state index contributed by atoms with van der Waals surface area (Å²) in [6.07, 6.45) is 0. The highest BCUT2D eigenvalue weighted by molar-refractivity contribution is 5.79. The predicted molar refractivity (Wildman–Crippen MR) is 143 cm³/mol. The Morgan fingerprint density at radius 2 is 0.917 bits per heavy atom. The molecule has 1 N–H and O–H groups in total. The lowest BCUT2D eigenvalue weighted by Crippen LogP contribution is -2.38. The van der Waals surface area contributed by atoms with Crippen molar-refractivity contribution in [2.24, 2.45) is 0 Å². The van der Waals surface area contributed by atoms with E-state index in [0.29, 0.717) is 30.3 Å². The summed E-state index contributed by atoms with van der Waals surface area (Å²) in [5.41, 5.74) is 1.50. The zero-order valence-corrected chi connectivity index (χ0v) is 22.4. The maximum absolute atomic E-state index is 12.2. The summed E-state index contributed by atoms with van der Waals surface area (Å²) in [4.78, 5) is 12.2. The van der Waals surface area contributed by atoms with Crippen LogP contribution in [0.15, 0.2) is 72.8 Å². The second-order valence-corrected chi connectivity index (χ2v) is 11.2. The van der Waals surface area contributed by atoms with Gasteiger partial charge in [0.25, 0.3) is 0 Å². The van der Waals surface area contributed by atoms with Gasteiger partial charge in [-0.2, -0.15) is 0 Å². The number of ether oxygens (including phenoxy) is 3. The van der Waals surface area contributed by atoms with Gasteiger partial charge in [-0.25, -0.2) is 4.79 Å². The molecule has 0 fully saturated rings. The van der Waals surface area contributed by atoms with Gasteiger partial charge in [0.05, 0.1) is 0 Å². The molecule has 0 radical (unpaired) electrons. The normalized spacial score (nSPS) is 13.5. The Kier molecular flexibility index (Phi) is 8.02. The Hall–Kier alpha value is -3.47. The SMILES string of the molecule is CC(C)(C)c1ccc(OCCOc2ccc(C(C)(Oc3ccc(C(C)(C)C)cc3)C(=O)O)cc2)cc1. The summed E-state index contributed by atoms with van der Waals surface area (Å²) < 4.78 is 17.5. The van der Waals surface area contributed by atoms with E-state index < -0.39 is 11.6 Å². The van der Waals surface area contributed by atoms with Crippen molar-refractivity contribution in [1.29, 1.82) is 0 Å². The Bertz CT molecular complexity index is 1130. The van der Waals surface area contributed by atoms with Crippen molar-refractivity contribution in [3.8, 4) is 17.2 Å². The lowest BCUT2D eigenvalue weighted by molar-refractivity contribution is -0.154. The van der Waals surface area contributed by atoms with E-state index in [1.165, 1.54) is 5.56 Å². The second-order valence-electron chi connectivity index (χ2n) is 11.2. The monoisotopic (exact) mass is 490 g/mol. The molecule has 0 saturated carbocycles. The zero-order chi connectivity index (χ0) is 26.6. The molecule has 1 atom stereocenters. The molecule has 192 valence electrons. The van der Waals surface area contributed by atoms with Crippen LogP contribution in [0.5, 0.6) is 17.2 Å². The van der Waals surface area contributed by atoms with Gasteiger partial charge in [-0.15, -0.1) is 0 Å². The molecule has 3 rings (SSSR count). The molecule has 3 aromatic carbocycles. The van der Waals surface area contributed by atoms with Gasteiger partial charge in [0.1, 0.15) is 30.5 Å². The van der Waals surface area contributed by atoms with Gasteiger partial charge in [0.15, 0.2) is 0 Å². The topological polar surface area (TPSA) is 65.0 Å². The number of aliphatic carboxylic acids is 1. The van der Waals surface area contributed by atoms with E-state index >= 15 is 0 Å². The molecule has 36 heavy (non-hydrogen) atoms. The molecule has 0 saturated heterocycles.